The van der Waals surface area contributed by atoms with E-state index in [2.05, 4.69) is 22.4 Å². The first-order valence-corrected chi connectivity index (χ1v) is 9.86. The molecule has 2 saturated heterocycles. The first-order valence-electron chi connectivity index (χ1n) is 9.86. The maximum atomic E-state index is 12.4. The molecule has 0 aliphatic carbocycles. The number of hydrogen-bond donors (Lipinski definition) is 1. The molecule has 0 saturated carbocycles. The van der Waals surface area contributed by atoms with Gasteiger partial charge in [-0.15, -0.1) is 0 Å². The number of likely N-dealkylation sites (N-methyl/N-ethyl adjacent to an activating group) is 1. The lowest BCUT2D eigenvalue weighted by atomic mass is 9.76. The molecule has 150 valence electrons. The number of methoxy groups -OCH3 is 1. The second kappa shape index (κ2) is 7.93. The third-order valence-electron chi connectivity index (χ3n) is 5.81. The van der Waals surface area contributed by atoms with Gasteiger partial charge in [0, 0.05) is 37.3 Å². The molecule has 0 radical (unpaired) electrons. The summed E-state index contributed by atoms with van der Waals surface area (Å²) in [6.45, 7) is 3.31. The van der Waals surface area contributed by atoms with Crippen LogP contribution in [0.1, 0.15) is 24.8 Å². The van der Waals surface area contributed by atoms with E-state index < -0.39 is 0 Å². The van der Waals surface area contributed by atoms with Gasteiger partial charge in [-0.25, -0.2) is 4.68 Å². The van der Waals surface area contributed by atoms with E-state index in [1.54, 1.807) is 7.11 Å². The van der Waals surface area contributed by atoms with Crippen molar-refractivity contribution in [1.29, 1.82) is 0 Å². The van der Waals surface area contributed by atoms with E-state index in [9.17, 15) is 4.79 Å². The zero-order valence-electron chi connectivity index (χ0n) is 16.6. The van der Waals surface area contributed by atoms with Crippen molar-refractivity contribution in [2.45, 2.75) is 31.9 Å². The second-order valence-corrected chi connectivity index (χ2v) is 7.95. The van der Waals surface area contributed by atoms with E-state index >= 15 is 0 Å². The topological polar surface area (TPSA) is 68.6 Å². The average molecular weight is 384 g/mol. The maximum absolute atomic E-state index is 12.4. The predicted octanol–water partition coefficient (Wildman–Crippen LogP) is 2.00. The monoisotopic (exact) mass is 384 g/mol. The molecule has 7 nitrogen and oxygen atoms in total. The Morgan fingerprint density at radius 3 is 3.00 bits per heavy atom. The highest BCUT2D eigenvalue weighted by atomic mass is 16.6. The highest BCUT2D eigenvalue weighted by Crippen LogP contribution is 2.41. The van der Waals surface area contributed by atoms with Gasteiger partial charge < -0.3 is 14.8 Å². The van der Waals surface area contributed by atoms with Crippen LogP contribution in [0.2, 0.25) is 0 Å². The van der Waals surface area contributed by atoms with Gasteiger partial charge in [0.15, 0.2) is 0 Å². The Kier molecular flexibility index (Phi) is 5.37. The minimum atomic E-state index is -0.256. The number of nitrogens with zero attached hydrogens (tertiary/aromatic N) is 3. The summed E-state index contributed by atoms with van der Waals surface area (Å²) in [6.07, 6.45) is 6.49. The molecule has 2 aromatic rings. The van der Waals surface area contributed by atoms with Crippen molar-refractivity contribution in [1.82, 2.24) is 20.0 Å². The van der Waals surface area contributed by atoms with Crippen LogP contribution in [-0.4, -0.2) is 60.5 Å². The lowest BCUT2D eigenvalue weighted by molar-refractivity contribution is -0.150. The molecule has 2 fully saturated rings. The minimum absolute atomic E-state index is 0.00163. The number of cyclic esters (lactones) is 1. The quantitative estimate of drug-likeness (QED) is 0.769. The summed E-state index contributed by atoms with van der Waals surface area (Å²) in [4.78, 5) is 14.6. The van der Waals surface area contributed by atoms with Gasteiger partial charge in [0.1, 0.15) is 11.9 Å². The van der Waals surface area contributed by atoms with Crippen molar-refractivity contribution in [3.05, 3.63) is 42.2 Å². The molecule has 0 amide bonds. The average Bonchev–Trinajstić information content (AvgIpc) is 3.27. The van der Waals surface area contributed by atoms with Crippen LogP contribution in [-0.2, 0) is 16.1 Å². The lowest BCUT2D eigenvalue weighted by Gasteiger charge is -2.29. The second-order valence-electron chi connectivity index (χ2n) is 7.95. The predicted molar refractivity (Wildman–Crippen MR) is 105 cm³/mol. The summed E-state index contributed by atoms with van der Waals surface area (Å²) in [5, 5.41) is 7.80. The van der Waals surface area contributed by atoms with E-state index in [1.807, 2.05) is 41.3 Å². The molecule has 1 aromatic heterocycles. The van der Waals surface area contributed by atoms with E-state index in [-0.39, 0.29) is 17.5 Å². The van der Waals surface area contributed by atoms with E-state index in [4.69, 9.17) is 9.47 Å². The van der Waals surface area contributed by atoms with Crippen LogP contribution >= 0.6 is 0 Å². The summed E-state index contributed by atoms with van der Waals surface area (Å²) < 4.78 is 12.9. The minimum Gasteiger partial charge on any atom is -0.497 e. The first-order chi connectivity index (χ1) is 13.6. The highest BCUT2D eigenvalue weighted by molar-refractivity contribution is 5.79. The molecule has 1 unspecified atom stereocenters. The van der Waals surface area contributed by atoms with Crippen LogP contribution in [0.15, 0.2) is 36.7 Å². The third-order valence-corrected chi connectivity index (χ3v) is 5.81. The number of carbonyl (C=O) groups is 1. The van der Waals surface area contributed by atoms with E-state index in [0.29, 0.717) is 0 Å². The largest absolute Gasteiger partial charge is 0.497 e. The lowest BCUT2D eigenvalue weighted by Crippen LogP contribution is -2.39. The molecule has 4 rings (SSSR count). The Bertz CT molecular complexity index is 829. The normalized spacial score (nSPS) is 21.2. The third kappa shape index (κ3) is 3.91. The molecule has 2 aliphatic heterocycles. The van der Waals surface area contributed by atoms with Crippen LogP contribution in [0.25, 0.3) is 5.69 Å². The molecular formula is C21H28N4O3. The Morgan fingerprint density at radius 1 is 1.39 bits per heavy atom. The number of nitrogens with one attached hydrogen (secondary N) is 1. The molecule has 1 N–H and O–H groups in total. The van der Waals surface area contributed by atoms with Crippen LogP contribution < -0.4 is 10.1 Å². The number of aromatic nitrogens is 2. The zero-order valence-corrected chi connectivity index (χ0v) is 16.6. The summed E-state index contributed by atoms with van der Waals surface area (Å²) in [5.74, 6) is 0.805. The van der Waals surface area contributed by atoms with Crippen molar-refractivity contribution < 1.29 is 14.3 Å². The molecule has 0 bridgehead atoms. The molecule has 28 heavy (non-hydrogen) atoms. The van der Waals surface area contributed by atoms with Crippen molar-refractivity contribution in [3.8, 4) is 11.4 Å². The Labute approximate surface area is 165 Å². The molecule has 1 atom stereocenters. The fraction of sp³-hybridized carbons (Fsp3) is 0.524. The fourth-order valence-electron chi connectivity index (χ4n) is 4.31. The van der Waals surface area contributed by atoms with Gasteiger partial charge in [-0.1, -0.05) is 6.07 Å². The van der Waals surface area contributed by atoms with Gasteiger partial charge in [-0.2, -0.15) is 5.10 Å². The molecule has 2 aliphatic rings. The van der Waals surface area contributed by atoms with Gasteiger partial charge in [0.25, 0.3) is 0 Å². The number of ether oxygens (including phenoxy) is 2. The number of carbonyl (C=O) groups excluding carboxylic acids is 1. The SMILES string of the molecule is COc1cccc(-n2cc(CN(C)CC3CC4(CCNCC4)C(=O)O3)cn2)c1. The number of esters is 1. The Morgan fingerprint density at radius 2 is 2.21 bits per heavy atom. The standard InChI is InChI=1S/C21H28N4O3/c1-24(15-19-11-21(20(26)28-19)6-8-22-9-7-21)13-16-12-23-25(14-16)17-4-3-5-18(10-17)27-2/h3-5,10,12,14,19,22H,6-9,11,13,15H2,1-2H3. The summed E-state index contributed by atoms with van der Waals surface area (Å²) in [7, 11) is 3.72. The van der Waals surface area contributed by atoms with Gasteiger partial charge >= 0.3 is 5.97 Å². The van der Waals surface area contributed by atoms with Crippen LogP contribution in [0.5, 0.6) is 5.75 Å². The van der Waals surface area contributed by atoms with E-state index in [1.165, 1.54) is 0 Å². The Hall–Kier alpha value is -2.38. The van der Waals surface area contributed by atoms with E-state index in [0.717, 1.165) is 62.4 Å². The van der Waals surface area contributed by atoms with Gasteiger partial charge in [-0.05, 0) is 45.1 Å². The van der Waals surface area contributed by atoms with Crippen molar-refractivity contribution in [2.75, 3.05) is 33.8 Å². The van der Waals surface area contributed by atoms with Crippen LogP contribution in [0.4, 0.5) is 0 Å². The summed E-state index contributed by atoms with van der Waals surface area (Å²) >= 11 is 0. The first kappa shape index (κ1) is 19.0. The van der Waals surface area contributed by atoms with Gasteiger partial charge in [0.05, 0.1) is 24.4 Å². The smallest absolute Gasteiger partial charge is 0.312 e. The zero-order chi connectivity index (χ0) is 19.6. The number of benzene rings is 1. The highest BCUT2D eigenvalue weighted by Gasteiger charge is 2.49. The van der Waals surface area contributed by atoms with Gasteiger partial charge in [0.2, 0.25) is 0 Å². The van der Waals surface area contributed by atoms with Crippen molar-refractivity contribution in [2.24, 2.45) is 5.41 Å². The van der Waals surface area contributed by atoms with Gasteiger partial charge in [-0.3, -0.25) is 9.69 Å². The van der Waals surface area contributed by atoms with Crippen LogP contribution in [0.3, 0.4) is 0 Å². The Balaban J connectivity index is 1.35. The number of piperidine rings is 1. The fourth-order valence-corrected chi connectivity index (χ4v) is 4.31. The molecule has 1 aromatic carbocycles. The summed E-state index contributed by atoms with van der Waals surface area (Å²) in [5.41, 5.74) is 1.82. The maximum Gasteiger partial charge on any atom is 0.312 e. The van der Waals surface area contributed by atoms with Crippen molar-refractivity contribution in [3.63, 3.8) is 0 Å². The summed E-state index contributed by atoms with van der Waals surface area (Å²) in [6, 6.07) is 7.82. The molecule has 7 heteroatoms. The molecule has 3 heterocycles. The van der Waals surface area contributed by atoms with Crippen LogP contribution in [0, 0.1) is 5.41 Å². The number of hydrogen-bond acceptors (Lipinski definition) is 6. The van der Waals surface area contributed by atoms with Crippen molar-refractivity contribution >= 4 is 5.97 Å². The molecular weight excluding hydrogens is 356 g/mol. The number of rotatable bonds is 6. The molecule has 1 spiro atoms.